The van der Waals surface area contributed by atoms with Crippen molar-refractivity contribution in [1.82, 2.24) is 0 Å². The lowest BCUT2D eigenvalue weighted by Crippen LogP contribution is -1.87. The van der Waals surface area contributed by atoms with Crippen LogP contribution in [0.5, 0.6) is 0 Å². The lowest BCUT2D eigenvalue weighted by molar-refractivity contribution is 1.60. The van der Waals surface area contributed by atoms with Gasteiger partial charge in [0.15, 0.2) is 0 Å². The van der Waals surface area contributed by atoms with Gasteiger partial charge in [0.2, 0.25) is 0 Å². The molecule has 3 heteroatoms. The summed E-state index contributed by atoms with van der Waals surface area (Å²) in [4.78, 5) is 1.14. The van der Waals surface area contributed by atoms with E-state index < -0.39 is 0 Å². The van der Waals surface area contributed by atoms with E-state index >= 15 is 0 Å². The van der Waals surface area contributed by atoms with Crippen LogP contribution < -0.4 is 0 Å². The van der Waals surface area contributed by atoms with E-state index in [0.717, 1.165) is 36.0 Å². The lowest BCUT2D eigenvalue weighted by atomic mass is 9.96. The van der Waals surface area contributed by atoms with Gasteiger partial charge in [-0.2, -0.15) is 0 Å². The van der Waals surface area contributed by atoms with E-state index in [2.05, 4.69) is 54.6 Å². The van der Waals surface area contributed by atoms with E-state index in [4.69, 9.17) is 23.8 Å². The Balaban J connectivity index is 1.98. The molecule has 0 saturated carbocycles. The minimum Gasteiger partial charge on any atom is -0.123 e. The predicted octanol–water partition coefficient (Wildman–Crippen LogP) is 8.13. The summed E-state index contributed by atoms with van der Waals surface area (Å²) >= 11 is 13.5. The fourth-order valence-electron chi connectivity index (χ4n) is 2.97. The Morgan fingerprint density at radius 3 is 1.85 bits per heavy atom. The van der Waals surface area contributed by atoms with Crippen molar-refractivity contribution in [1.29, 1.82) is 0 Å². The number of hydrogen-bond acceptors (Lipinski definition) is 2. The highest BCUT2D eigenvalue weighted by atomic mass is 35.5. The van der Waals surface area contributed by atoms with Gasteiger partial charge in [-0.25, -0.2) is 0 Å². The number of benzene rings is 3. The second kappa shape index (κ2) is 7.55. The Labute approximate surface area is 167 Å². The van der Waals surface area contributed by atoms with E-state index in [9.17, 15) is 0 Å². The van der Waals surface area contributed by atoms with E-state index in [1.54, 1.807) is 11.3 Å². The summed E-state index contributed by atoms with van der Waals surface area (Å²) in [6, 6.07) is 30.9. The molecule has 1 aromatic heterocycles. The van der Waals surface area contributed by atoms with Gasteiger partial charge < -0.3 is 0 Å². The van der Waals surface area contributed by atoms with Gasteiger partial charge >= 0.3 is 0 Å². The van der Waals surface area contributed by atoms with Crippen molar-refractivity contribution >= 4 is 35.2 Å². The summed E-state index contributed by atoms with van der Waals surface area (Å²) in [5.74, 6) is 0. The monoisotopic (exact) mass is 390 g/mol. The van der Waals surface area contributed by atoms with Crippen LogP contribution >= 0.6 is 35.2 Å². The van der Waals surface area contributed by atoms with Gasteiger partial charge in [0.05, 0.1) is 3.82 Å². The Hall–Kier alpha value is -2.26. The average molecular weight is 391 g/mol. The average Bonchev–Trinajstić information content (AvgIpc) is 2.69. The van der Waals surface area contributed by atoms with Crippen LogP contribution in [-0.4, -0.2) is 0 Å². The third-order valence-corrected chi connectivity index (χ3v) is 5.90. The molecule has 0 fully saturated rings. The van der Waals surface area contributed by atoms with Gasteiger partial charge in [0.1, 0.15) is 0 Å². The molecule has 0 nitrogen and oxygen atoms in total. The van der Waals surface area contributed by atoms with Crippen LogP contribution in [0.4, 0.5) is 0 Å². The van der Waals surface area contributed by atoms with Crippen LogP contribution in [-0.2, 0) is 0 Å². The molecule has 26 heavy (non-hydrogen) atoms. The molecule has 126 valence electrons. The molecule has 1 heterocycles. The van der Waals surface area contributed by atoms with Gasteiger partial charge in [0.25, 0.3) is 0 Å². The smallest absolute Gasteiger partial charge is 0.0990 e. The minimum absolute atomic E-state index is 0.738. The second-order valence-electron chi connectivity index (χ2n) is 5.93. The molecule has 0 aliphatic rings. The van der Waals surface area contributed by atoms with Crippen LogP contribution in [0.1, 0.15) is 0 Å². The highest BCUT2D eigenvalue weighted by Crippen LogP contribution is 2.39. The summed E-state index contributed by atoms with van der Waals surface area (Å²) in [6.45, 7) is 0. The maximum absolute atomic E-state index is 6.05. The van der Waals surface area contributed by atoms with Crippen molar-refractivity contribution in [2.24, 2.45) is 0 Å². The van der Waals surface area contributed by atoms with Crippen molar-refractivity contribution < 1.29 is 0 Å². The van der Waals surface area contributed by atoms with Gasteiger partial charge in [-0.15, -0.1) is 11.3 Å². The first-order valence-electron chi connectivity index (χ1n) is 8.27. The summed E-state index contributed by atoms with van der Waals surface area (Å²) < 4.78 is 0.891. The molecular formula is C23H15ClS2. The molecule has 4 rings (SSSR count). The molecule has 4 aromatic rings. The van der Waals surface area contributed by atoms with Crippen molar-refractivity contribution in [3.8, 4) is 32.7 Å². The SMILES string of the molecule is S=c1sc(-c2ccc(Cl)cc2)cc(-c2ccccc2)c1-c1ccccc1. The van der Waals surface area contributed by atoms with Crippen molar-refractivity contribution in [2.45, 2.75) is 0 Å². The van der Waals surface area contributed by atoms with Gasteiger partial charge in [-0.3, -0.25) is 0 Å². The Kier molecular flexibility index (Phi) is 4.98. The topological polar surface area (TPSA) is 0 Å². The van der Waals surface area contributed by atoms with Crippen molar-refractivity contribution in [2.75, 3.05) is 0 Å². The maximum Gasteiger partial charge on any atom is 0.0990 e. The third-order valence-electron chi connectivity index (χ3n) is 4.23. The van der Waals surface area contributed by atoms with E-state index in [1.165, 1.54) is 5.56 Å². The first-order valence-corrected chi connectivity index (χ1v) is 9.87. The van der Waals surface area contributed by atoms with E-state index in [0.29, 0.717) is 0 Å². The molecule has 0 aliphatic carbocycles. The zero-order valence-corrected chi connectivity index (χ0v) is 16.2. The molecule has 0 atom stereocenters. The molecule has 0 bridgehead atoms. The summed E-state index contributed by atoms with van der Waals surface area (Å²) in [5.41, 5.74) is 5.72. The highest BCUT2D eigenvalue weighted by molar-refractivity contribution is 7.73. The Morgan fingerprint density at radius 2 is 1.23 bits per heavy atom. The molecule has 0 aliphatic heterocycles. The van der Waals surface area contributed by atoms with Crippen LogP contribution in [0.15, 0.2) is 91.0 Å². The van der Waals surface area contributed by atoms with E-state index in [-0.39, 0.29) is 0 Å². The minimum atomic E-state index is 0.738. The normalized spacial score (nSPS) is 10.7. The van der Waals surface area contributed by atoms with Crippen molar-refractivity contribution in [3.63, 3.8) is 0 Å². The zero-order chi connectivity index (χ0) is 17.9. The van der Waals surface area contributed by atoms with Gasteiger partial charge in [-0.1, -0.05) is 96.6 Å². The summed E-state index contributed by atoms with van der Waals surface area (Å²) in [5, 5.41) is 0.738. The fourth-order valence-corrected chi connectivity index (χ4v) is 4.56. The fraction of sp³-hybridized carbons (Fsp3) is 0. The standard InChI is InChI=1S/C23H15ClS2/c24-19-13-11-17(12-14-19)21-15-20(16-7-3-1-4-8-16)22(23(25)26-21)18-9-5-2-6-10-18/h1-15H. The lowest BCUT2D eigenvalue weighted by Gasteiger charge is -2.13. The molecule has 0 amide bonds. The first kappa shape index (κ1) is 17.2. The highest BCUT2D eigenvalue weighted by Gasteiger charge is 2.13. The van der Waals surface area contributed by atoms with Gasteiger partial charge in [-0.05, 0) is 40.5 Å². The van der Waals surface area contributed by atoms with Crippen LogP contribution in [0, 0.1) is 3.82 Å². The van der Waals surface area contributed by atoms with Crippen LogP contribution in [0.25, 0.3) is 32.7 Å². The Morgan fingerprint density at radius 1 is 0.654 bits per heavy atom. The molecule has 0 spiro atoms. The third kappa shape index (κ3) is 3.49. The largest absolute Gasteiger partial charge is 0.123 e. The zero-order valence-electron chi connectivity index (χ0n) is 13.9. The van der Waals surface area contributed by atoms with Gasteiger partial charge in [0, 0.05) is 15.5 Å². The van der Waals surface area contributed by atoms with Crippen LogP contribution in [0.2, 0.25) is 5.02 Å². The molecule has 0 saturated heterocycles. The van der Waals surface area contributed by atoms with Crippen LogP contribution in [0.3, 0.4) is 0 Å². The quantitative estimate of drug-likeness (QED) is 0.318. The second-order valence-corrected chi connectivity index (χ2v) is 8.08. The first-order chi connectivity index (χ1) is 12.7. The van der Waals surface area contributed by atoms with E-state index in [1.807, 2.05) is 36.4 Å². The summed E-state index contributed by atoms with van der Waals surface area (Å²) in [6.07, 6.45) is 0. The predicted molar refractivity (Wildman–Crippen MR) is 116 cm³/mol. The number of rotatable bonds is 3. The maximum atomic E-state index is 6.05. The molecule has 0 N–H and O–H groups in total. The molecular weight excluding hydrogens is 376 g/mol. The number of hydrogen-bond donors (Lipinski definition) is 0. The Bertz CT molecular complexity index is 1080. The molecule has 0 unspecified atom stereocenters. The molecule has 0 radical (unpaired) electrons. The summed E-state index contributed by atoms with van der Waals surface area (Å²) in [7, 11) is 0. The van der Waals surface area contributed by atoms with Crippen molar-refractivity contribution in [3.05, 3.63) is 99.8 Å². The number of halogens is 1. The molecule has 3 aromatic carbocycles.